The van der Waals surface area contributed by atoms with Gasteiger partial charge in [0.15, 0.2) is 11.8 Å². The highest BCUT2D eigenvalue weighted by Crippen LogP contribution is 2.36. The van der Waals surface area contributed by atoms with Crippen LogP contribution < -0.4 is 0 Å². The van der Waals surface area contributed by atoms with E-state index in [1.807, 2.05) is 0 Å². The van der Waals surface area contributed by atoms with Gasteiger partial charge in [0.1, 0.15) is 0 Å². The molecule has 1 heterocycles. The van der Waals surface area contributed by atoms with E-state index in [0.717, 1.165) is 24.4 Å². The first kappa shape index (κ1) is 16.6. The molecule has 2 aromatic rings. The maximum Gasteiger partial charge on any atom is 0.435 e. The Morgan fingerprint density at radius 2 is 1.73 bits per heavy atom. The van der Waals surface area contributed by atoms with Gasteiger partial charge in [0, 0.05) is 16.8 Å². The highest BCUT2D eigenvalue weighted by Gasteiger charge is 2.41. The van der Waals surface area contributed by atoms with E-state index in [4.69, 9.17) is 11.6 Å². The molecule has 1 aromatic heterocycles. The normalized spacial score (nSPS) is 14.2. The molecule has 1 atom stereocenters. The molecule has 0 bridgehead atoms. The van der Waals surface area contributed by atoms with E-state index < -0.39 is 35.4 Å². The standard InChI is InChI=1S/C12H7ClF6N2O/c13-6-1-2-7(10(22)12(17,18)19)8(5-6)21-4-3-9(20-21)11(14,15)16/h1-5,10,22H/t10-/m1/s1. The van der Waals surface area contributed by atoms with Crippen molar-refractivity contribution in [3.8, 4) is 5.69 Å². The molecule has 120 valence electrons. The number of aromatic nitrogens is 2. The van der Waals surface area contributed by atoms with Gasteiger partial charge in [-0.05, 0) is 18.2 Å². The summed E-state index contributed by atoms with van der Waals surface area (Å²) in [7, 11) is 0. The number of nitrogens with zero attached hydrogens (tertiary/aromatic N) is 2. The Balaban J connectivity index is 2.55. The van der Waals surface area contributed by atoms with Gasteiger partial charge in [0.05, 0.1) is 5.69 Å². The molecule has 0 saturated heterocycles. The predicted octanol–water partition coefficient (Wildman–Crippen LogP) is 4.14. The molecule has 22 heavy (non-hydrogen) atoms. The number of hydrogen-bond donors (Lipinski definition) is 1. The molecule has 1 aromatic carbocycles. The average Bonchev–Trinajstić information content (AvgIpc) is 2.86. The van der Waals surface area contributed by atoms with Crippen LogP contribution in [0.15, 0.2) is 30.5 Å². The molecular formula is C12H7ClF6N2O. The Labute approximate surface area is 124 Å². The molecule has 2 rings (SSSR count). The molecule has 0 radical (unpaired) electrons. The van der Waals surface area contributed by atoms with Crippen LogP contribution in [0, 0.1) is 0 Å². The van der Waals surface area contributed by atoms with Gasteiger partial charge in [-0.2, -0.15) is 31.4 Å². The van der Waals surface area contributed by atoms with Crippen LogP contribution in [0.4, 0.5) is 26.3 Å². The van der Waals surface area contributed by atoms with E-state index in [1.54, 1.807) is 0 Å². The van der Waals surface area contributed by atoms with Crippen LogP contribution in [0.1, 0.15) is 17.4 Å². The first-order valence-electron chi connectivity index (χ1n) is 5.67. The van der Waals surface area contributed by atoms with Crippen molar-refractivity contribution in [2.24, 2.45) is 0 Å². The van der Waals surface area contributed by atoms with Crippen LogP contribution in [0.5, 0.6) is 0 Å². The van der Waals surface area contributed by atoms with Crippen molar-refractivity contribution in [2.45, 2.75) is 18.5 Å². The van der Waals surface area contributed by atoms with Crippen molar-refractivity contribution in [2.75, 3.05) is 0 Å². The second-order valence-electron chi connectivity index (χ2n) is 4.29. The number of aliphatic hydroxyl groups is 1. The topological polar surface area (TPSA) is 38.0 Å². The van der Waals surface area contributed by atoms with E-state index in [1.165, 1.54) is 0 Å². The van der Waals surface area contributed by atoms with Gasteiger partial charge in [-0.25, -0.2) is 4.68 Å². The summed E-state index contributed by atoms with van der Waals surface area (Å²) >= 11 is 5.66. The minimum atomic E-state index is -4.98. The second kappa shape index (κ2) is 5.47. The zero-order valence-electron chi connectivity index (χ0n) is 10.5. The van der Waals surface area contributed by atoms with Gasteiger partial charge < -0.3 is 5.11 Å². The van der Waals surface area contributed by atoms with Crippen LogP contribution in [0.25, 0.3) is 5.69 Å². The number of halogens is 7. The molecular weight excluding hydrogens is 338 g/mol. The van der Waals surface area contributed by atoms with E-state index >= 15 is 0 Å². The molecule has 10 heteroatoms. The summed E-state index contributed by atoms with van der Waals surface area (Å²) in [6.07, 6.45) is -11.8. The second-order valence-corrected chi connectivity index (χ2v) is 4.73. The van der Waals surface area contributed by atoms with Crippen molar-refractivity contribution in [3.05, 3.63) is 46.7 Å². The molecule has 0 aliphatic rings. The average molecular weight is 345 g/mol. The van der Waals surface area contributed by atoms with Crippen LogP contribution >= 0.6 is 11.6 Å². The summed E-state index contributed by atoms with van der Waals surface area (Å²) < 4.78 is 76.0. The van der Waals surface area contributed by atoms with Gasteiger partial charge in [0.2, 0.25) is 0 Å². The van der Waals surface area contributed by atoms with E-state index in [-0.39, 0.29) is 5.02 Å². The number of aliphatic hydroxyl groups excluding tert-OH is 1. The van der Waals surface area contributed by atoms with Crippen molar-refractivity contribution < 1.29 is 31.4 Å². The molecule has 1 N–H and O–H groups in total. The van der Waals surface area contributed by atoms with E-state index in [9.17, 15) is 31.4 Å². The first-order chi connectivity index (χ1) is 10.00. The van der Waals surface area contributed by atoms with Crippen LogP contribution in [0.2, 0.25) is 5.02 Å². The number of benzene rings is 1. The summed E-state index contributed by atoms with van der Waals surface area (Å²) in [6, 6.07) is 3.55. The van der Waals surface area contributed by atoms with Crippen molar-refractivity contribution >= 4 is 11.6 Å². The smallest absolute Gasteiger partial charge is 0.379 e. The predicted molar refractivity (Wildman–Crippen MR) is 64.6 cm³/mol. The van der Waals surface area contributed by atoms with E-state index in [0.29, 0.717) is 10.7 Å². The third-order valence-corrected chi connectivity index (χ3v) is 2.96. The quantitative estimate of drug-likeness (QED) is 0.831. The molecule has 0 aliphatic carbocycles. The Hall–Kier alpha value is -1.74. The van der Waals surface area contributed by atoms with Gasteiger partial charge in [-0.3, -0.25) is 0 Å². The fourth-order valence-corrected chi connectivity index (χ4v) is 1.90. The third kappa shape index (κ3) is 3.36. The van der Waals surface area contributed by atoms with Gasteiger partial charge in [-0.15, -0.1) is 0 Å². The van der Waals surface area contributed by atoms with Crippen molar-refractivity contribution in [3.63, 3.8) is 0 Å². The summed E-state index contributed by atoms with van der Waals surface area (Å²) in [5, 5.41) is 12.5. The Kier molecular flexibility index (Phi) is 4.14. The van der Waals surface area contributed by atoms with Crippen LogP contribution in [-0.2, 0) is 6.18 Å². The fourth-order valence-electron chi connectivity index (χ4n) is 1.73. The fraction of sp³-hybridized carbons (Fsp3) is 0.250. The highest BCUT2D eigenvalue weighted by atomic mass is 35.5. The lowest BCUT2D eigenvalue weighted by molar-refractivity contribution is -0.206. The Morgan fingerprint density at radius 3 is 2.23 bits per heavy atom. The Bertz CT molecular complexity index is 679. The summed E-state index contributed by atoms with van der Waals surface area (Å²) in [5.41, 5.74) is -2.33. The van der Waals surface area contributed by atoms with Gasteiger partial charge in [-0.1, -0.05) is 17.7 Å². The monoisotopic (exact) mass is 344 g/mol. The Morgan fingerprint density at radius 1 is 1.09 bits per heavy atom. The number of alkyl halides is 6. The highest BCUT2D eigenvalue weighted by molar-refractivity contribution is 6.30. The minimum absolute atomic E-state index is 0.0165. The van der Waals surface area contributed by atoms with Crippen LogP contribution in [0.3, 0.4) is 0 Å². The summed E-state index contributed by atoms with van der Waals surface area (Å²) in [4.78, 5) is 0. The summed E-state index contributed by atoms with van der Waals surface area (Å²) in [5.74, 6) is 0. The lowest BCUT2D eigenvalue weighted by atomic mass is 10.1. The third-order valence-electron chi connectivity index (χ3n) is 2.72. The zero-order chi connectivity index (χ0) is 16.7. The molecule has 0 saturated carbocycles. The largest absolute Gasteiger partial charge is 0.435 e. The van der Waals surface area contributed by atoms with Gasteiger partial charge >= 0.3 is 12.4 Å². The molecule has 0 fully saturated rings. The maximum atomic E-state index is 12.6. The minimum Gasteiger partial charge on any atom is -0.379 e. The zero-order valence-corrected chi connectivity index (χ0v) is 11.2. The lowest BCUT2D eigenvalue weighted by Gasteiger charge is -2.18. The number of rotatable bonds is 2. The SMILES string of the molecule is O[C@H](c1ccc(Cl)cc1-n1ccc(C(F)(F)F)n1)C(F)(F)F. The van der Waals surface area contributed by atoms with Crippen molar-refractivity contribution in [1.29, 1.82) is 0 Å². The van der Waals surface area contributed by atoms with Crippen molar-refractivity contribution in [1.82, 2.24) is 9.78 Å². The molecule has 3 nitrogen and oxygen atoms in total. The molecule has 0 amide bonds. The lowest BCUT2D eigenvalue weighted by Crippen LogP contribution is -2.22. The van der Waals surface area contributed by atoms with Gasteiger partial charge in [0.25, 0.3) is 0 Å². The summed E-state index contributed by atoms with van der Waals surface area (Å²) in [6.45, 7) is 0. The first-order valence-corrected chi connectivity index (χ1v) is 6.05. The maximum absolute atomic E-state index is 12.6. The molecule has 0 unspecified atom stereocenters. The molecule has 0 spiro atoms. The molecule has 0 aliphatic heterocycles. The number of hydrogen-bond acceptors (Lipinski definition) is 2. The van der Waals surface area contributed by atoms with Crippen LogP contribution in [-0.4, -0.2) is 21.1 Å². The van der Waals surface area contributed by atoms with E-state index in [2.05, 4.69) is 5.10 Å².